The summed E-state index contributed by atoms with van der Waals surface area (Å²) in [6.07, 6.45) is 3.99. The number of benzene rings is 1. The third-order valence-corrected chi connectivity index (χ3v) is 3.31. The van der Waals surface area contributed by atoms with Crippen LogP contribution in [0, 0.1) is 0 Å². The number of hydrogen-bond acceptors (Lipinski definition) is 3. The average Bonchev–Trinajstić information content (AvgIpc) is 2.86. The van der Waals surface area contributed by atoms with E-state index in [9.17, 15) is 4.79 Å². The Kier molecular flexibility index (Phi) is 2.65. The molecular formula is C13H15N3O. The largest absolute Gasteiger partial charge is 0.312 e. The summed E-state index contributed by atoms with van der Waals surface area (Å²) in [6.45, 7) is 1.77. The van der Waals surface area contributed by atoms with Crippen molar-refractivity contribution in [1.82, 2.24) is 14.9 Å². The molecule has 4 nitrogen and oxygen atoms in total. The molecule has 17 heavy (non-hydrogen) atoms. The molecule has 1 aliphatic rings. The quantitative estimate of drug-likeness (QED) is 0.840. The van der Waals surface area contributed by atoms with Crippen molar-refractivity contribution in [1.29, 1.82) is 0 Å². The van der Waals surface area contributed by atoms with Crippen molar-refractivity contribution < 1.29 is 0 Å². The Morgan fingerprint density at radius 2 is 2.29 bits per heavy atom. The van der Waals surface area contributed by atoms with Crippen LogP contribution in [0.2, 0.25) is 0 Å². The third kappa shape index (κ3) is 1.96. The maximum Gasteiger partial charge on any atom is 0.261 e. The molecule has 1 aromatic heterocycles. The van der Waals surface area contributed by atoms with Crippen molar-refractivity contribution >= 4 is 10.9 Å². The summed E-state index contributed by atoms with van der Waals surface area (Å²) >= 11 is 0. The Morgan fingerprint density at radius 3 is 3.12 bits per heavy atom. The number of para-hydroxylation sites is 1. The molecular weight excluding hydrogens is 214 g/mol. The van der Waals surface area contributed by atoms with E-state index in [4.69, 9.17) is 0 Å². The van der Waals surface area contributed by atoms with E-state index < -0.39 is 0 Å². The van der Waals surface area contributed by atoms with Crippen molar-refractivity contribution in [2.75, 3.05) is 6.54 Å². The highest BCUT2D eigenvalue weighted by Gasteiger charge is 2.15. The Morgan fingerprint density at radius 1 is 1.41 bits per heavy atom. The first-order valence-electron chi connectivity index (χ1n) is 6.02. The fourth-order valence-corrected chi connectivity index (χ4v) is 2.39. The molecule has 1 fully saturated rings. The highest BCUT2D eigenvalue weighted by Crippen LogP contribution is 2.08. The first-order chi connectivity index (χ1) is 8.34. The molecule has 0 amide bonds. The molecule has 4 heteroatoms. The summed E-state index contributed by atoms with van der Waals surface area (Å²) < 4.78 is 1.71. The van der Waals surface area contributed by atoms with Gasteiger partial charge in [0, 0.05) is 12.6 Å². The number of nitrogens with one attached hydrogen (secondary N) is 1. The minimum absolute atomic E-state index is 0.0595. The molecule has 1 atom stereocenters. The Bertz CT molecular complexity index is 584. The van der Waals surface area contributed by atoms with Gasteiger partial charge in [-0.25, -0.2) is 4.98 Å². The second kappa shape index (κ2) is 4.30. The van der Waals surface area contributed by atoms with E-state index in [-0.39, 0.29) is 5.56 Å². The fourth-order valence-electron chi connectivity index (χ4n) is 2.39. The van der Waals surface area contributed by atoms with Gasteiger partial charge in [-0.15, -0.1) is 0 Å². The number of hydrogen-bond donors (Lipinski definition) is 1. The van der Waals surface area contributed by atoms with Crippen molar-refractivity contribution in [2.45, 2.75) is 25.4 Å². The smallest absolute Gasteiger partial charge is 0.261 e. The number of fused-ring (bicyclic) bond motifs is 1. The van der Waals surface area contributed by atoms with Crippen molar-refractivity contribution in [2.24, 2.45) is 0 Å². The van der Waals surface area contributed by atoms with Crippen LogP contribution in [-0.2, 0) is 6.54 Å². The number of rotatable bonds is 2. The fraction of sp³-hybridized carbons (Fsp3) is 0.385. The minimum atomic E-state index is 0.0595. The topological polar surface area (TPSA) is 46.9 Å². The molecule has 2 aromatic rings. The SMILES string of the molecule is O=c1c2ccccc2ncn1CC1CCCN1. The standard InChI is InChI=1S/C13H15N3O/c17-13-11-5-1-2-6-12(11)15-9-16(13)8-10-4-3-7-14-10/h1-2,5-6,9-10,14H,3-4,7-8H2. The first-order valence-corrected chi connectivity index (χ1v) is 6.02. The average molecular weight is 229 g/mol. The van der Waals surface area contributed by atoms with Crippen molar-refractivity contribution in [3.05, 3.63) is 40.9 Å². The minimum Gasteiger partial charge on any atom is -0.312 e. The van der Waals surface area contributed by atoms with Gasteiger partial charge in [-0.2, -0.15) is 0 Å². The molecule has 1 aromatic carbocycles. The molecule has 2 heterocycles. The number of nitrogens with zero attached hydrogens (tertiary/aromatic N) is 2. The van der Waals surface area contributed by atoms with Crippen molar-refractivity contribution in [3.63, 3.8) is 0 Å². The van der Waals surface area contributed by atoms with Gasteiger partial charge in [0.05, 0.1) is 17.2 Å². The van der Waals surface area contributed by atoms with E-state index in [1.807, 2.05) is 24.3 Å². The third-order valence-electron chi connectivity index (χ3n) is 3.31. The van der Waals surface area contributed by atoms with E-state index in [1.54, 1.807) is 10.9 Å². The van der Waals surface area contributed by atoms with Crippen LogP contribution in [0.3, 0.4) is 0 Å². The zero-order valence-electron chi connectivity index (χ0n) is 9.60. The zero-order valence-corrected chi connectivity index (χ0v) is 9.60. The van der Waals surface area contributed by atoms with Gasteiger partial charge in [0.2, 0.25) is 0 Å². The predicted molar refractivity (Wildman–Crippen MR) is 67.0 cm³/mol. The summed E-state index contributed by atoms with van der Waals surface area (Å²) in [7, 11) is 0. The summed E-state index contributed by atoms with van der Waals surface area (Å²) in [5.41, 5.74) is 0.831. The maximum absolute atomic E-state index is 12.2. The lowest BCUT2D eigenvalue weighted by Gasteiger charge is -2.12. The number of aromatic nitrogens is 2. The lowest BCUT2D eigenvalue weighted by molar-refractivity contribution is 0.497. The molecule has 3 rings (SSSR count). The summed E-state index contributed by atoms with van der Waals surface area (Å²) in [4.78, 5) is 16.5. The molecule has 0 saturated carbocycles. The van der Waals surface area contributed by atoms with Gasteiger partial charge in [0.15, 0.2) is 0 Å². The first kappa shape index (κ1) is 10.5. The molecule has 88 valence electrons. The van der Waals surface area contributed by atoms with Crippen LogP contribution in [0.1, 0.15) is 12.8 Å². The Labute approximate surface area is 99.3 Å². The predicted octanol–water partition coefficient (Wildman–Crippen LogP) is 1.15. The van der Waals surface area contributed by atoms with Crippen LogP contribution in [0.5, 0.6) is 0 Å². The normalized spacial score (nSPS) is 19.9. The van der Waals surface area contributed by atoms with Crippen molar-refractivity contribution in [3.8, 4) is 0 Å². The lowest BCUT2D eigenvalue weighted by atomic mass is 10.2. The van der Waals surface area contributed by atoms with Crippen LogP contribution in [0.4, 0.5) is 0 Å². The summed E-state index contributed by atoms with van der Waals surface area (Å²) in [5, 5.41) is 4.09. The highest BCUT2D eigenvalue weighted by molar-refractivity contribution is 5.76. The van der Waals surface area contributed by atoms with Crippen LogP contribution >= 0.6 is 0 Å². The van der Waals surface area contributed by atoms with Gasteiger partial charge in [0.25, 0.3) is 5.56 Å². The second-order valence-corrected chi connectivity index (χ2v) is 4.51. The van der Waals surface area contributed by atoms with Gasteiger partial charge in [-0.05, 0) is 31.5 Å². The molecule has 1 aliphatic heterocycles. The van der Waals surface area contributed by atoms with Gasteiger partial charge >= 0.3 is 0 Å². The van der Waals surface area contributed by atoms with E-state index in [2.05, 4.69) is 10.3 Å². The van der Waals surface area contributed by atoms with E-state index in [0.717, 1.165) is 25.0 Å². The van der Waals surface area contributed by atoms with Crippen LogP contribution in [0.15, 0.2) is 35.4 Å². The molecule has 0 aliphatic carbocycles. The molecule has 1 unspecified atom stereocenters. The summed E-state index contributed by atoms with van der Waals surface area (Å²) in [5.74, 6) is 0. The lowest BCUT2D eigenvalue weighted by Crippen LogP contribution is -2.32. The highest BCUT2D eigenvalue weighted by atomic mass is 16.1. The molecule has 0 radical (unpaired) electrons. The van der Waals surface area contributed by atoms with Crippen LogP contribution < -0.4 is 10.9 Å². The Balaban J connectivity index is 1.99. The van der Waals surface area contributed by atoms with Crippen LogP contribution in [0.25, 0.3) is 10.9 Å². The second-order valence-electron chi connectivity index (χ2n) is 4.51. The maximum atomic E-state index is 12.2. The molecule has 0 bridgehead atoms. The molecule has 1 N–H and O–H groups in total. The van der Waals surface area contributed by atoms with Gasteiger partial charge in [-0.3, -0.25) is 9.36 Å². The Hall–Kier alpha value is -1.68. The van der Waals surface area contributed by atoms with Gasteiger partial charge in [-0.1, -0.05) is 12.1 Å². The van der Waals surface area contributed by atoms with E-state index in [0.29, 0.717) is 11.4 Å². The van der Waals surface area contributed by atoms with E-state index >= 15 is 0 Å². The molecule has 0 spiro atoms. The van der Waals surface area contributed by atoms with E-state index in [1.165, 1.54) is 6.42 Å². The van der Waals surface area contributed by atoms with Crippen LogP contribution in [-0.4, -0.2) is 22.1 Å². The zero-order chi connectivity index (χ0) is 11.7. The van der Waals surface area contributed by atoms with Gasteiger partial charge < -0.3 is 5.32 Å². The molecule has 1 saturated heterocycles. The monoisotopic (exact) mass is 229 g/mol. The summed E-state index contributed by atoms with van der Waals surface area (Å²) in [6, 6.07) is 7.90. The van der Waals surface area contributed by atoms with Gasteiger partial charge in [0.1, 0.15) is 0 Å².